The van der Waals surface area contributed by atoms with E-state index in [0.29, 0.717) is 11.8 Å². The minimum Gasteiger partial charge on any atom is -0.468 e. The van der Waals surface area contributed by atoms with Crippen LogP contribution in [0.15, 0.2) is 0 Å². The Morgan fingerprint density at radius 2 is 2.10 bits per heavy atom. The summed E-state index contributed by atoms with van der Waals surface area (Å²) >= 11 is 0. The Morgan fingerprint density at radius 3 is 2.67 bits per heavy atom. The third-order valence-electron chi connectivity index (χ3n) is 4.79. The molecule has 2 rings (SSSR count). The number of nitrogens with zero attached hydrogens (tertiary/aromatic N) is 1. The summed E-state index contributed by atoms with van der Waals surface area (Å²) in [7, 11) is 3.27. The van der Waals surface area contributed by atoms with Crippen LogP contribution in [0.4, 0.5) is 0 Å². The van der Waals surface area contributed by atoms with Crippen molar-refractivity contribution in [2.45, 2.75) is 38.1 Å². The third kappa shape index (κ3) is 3.96. The van der Waals surface area contributed by atoms with Crippen molar-refractivity contribution in [2.24, 2.45) is 11.8 Å². The van der Waals surface area contributed by atoms with Crippen LogP contribution in [0.5, 0.6) is 0 Å². The highest BCUT2D eigenvalue weighted by molar-refractivity contribution is 5.82. The topological polar surface area (TPSA) is 50.8 Å². The Bertz CT molecular complexity index is 344. The molecule has 0 aromatic heterocycles. The number of methoxy groups -OCH3 is 2. The normalized spacial score (nSPS) is 26.3. The fourth-order valence-corrected chi connectivity index (χ4v) is 3.73. The van der Waals surface area contributed by atoms with Gasteiger partial charge in [0.15, 0.2) is 0 Å². The Balaban J connectivity index is 2.05. The van der Waals surface area contributed by atoms with Gasteiger partial charge in [0, 0.05) is 20.2 Å². The van der Waals surface area contributed by atoms with Crippen LogP contribution in [0.3, 0.4) is 0 Å². The standard InChI is InChI=1S/C16H30N2O3/c1-4-17-16(14-7-8-14,15(19)21-3)12-18-9-5-6-13(10-18)11-20-2/h13-14,17H,4-12H2,1-3H3. The highest BCUT2D eigenvalue weighted by atomic mass is 16.5. The molecule has 2 atom stereocenters. The van der Waals surface area contributed by atoms with Crippen molar-refractivity contribution in [2.75, 3.05) is 47.0 Å². The summed E-state index contributed by atoms with van der Waals surface area (Å²) < 4.78 is 10.4. The molecule has 2 fully saturated rings. The zero-order chi connectivity index (χ0) is 15.3. The van der Waals surface area contributed by atoms with Gasteiger partial charge < -0.3 is 19.7 Å². The number of esters is 1. The van der Waals surface area contributed by atoms with E-state index in [4.69, 9.17) is 9.47 Å². The summed E-state index contributed by atoms with van der Waals surface area (Å²) in [5.41, 5.74) is -0.515. The van der Waals surface area contributed by atoms with Gasteiger partial charge >= 0.3 is 5.97 Å². The Kier molecular flexibility index (Phi) is 6.02. The molecule has 5 heteroatoms. The zero-order valence-electron chi connectivity index (χ0n) is 13.7. The molecular weight excluding hydrogens is 268 g/mol. The molecule has 0 radical (unpaired) electrons. The summed E-state index contributed by atoms with van der Waals surface area (Å²) in [6.45, 7) is 6.51. The highest BCUT2D eigenvalue weighted by Crippen LogP contribution is 2.41. The second-order valence-electron chi connectivity index (χ2n) is 6.47. The van der Waals surface area contributed by atoms with Gasteiger partial charge in [0.25, 0.3) is 0 Å². The maximum absolute atomic E-state index is 12.5. The van der Waals surface area contributed by atoms with E-state index in [1.807, 2.05) is 0 Å². The van der Waals surface area contributed by atoms with Gasteiger partial charge in [-0.25, -0.2) is 4.79 Å². The fraction of sp³-hybridized carbons (Fsp3) is 0.938. The highest BCUT2D eigenvalue weighted by Gasteiger charge is 2.52. The smallest absolute Gasteiger partial charge is 0.327 e. The van der Waals surface area contributed by atoms with Gasteiger partial charge in [-0.15, -0.1) is 0 Å². The van der Waals surface area contributed by atoms with Gasteiger partial charge in [-0.1, -0.05) is 6.92 Å². The number of piperidine rings is 1. The number of likely N-dealkylation sites (tertiary alicyclic amines) is 1. The summed E-state index contributed by atoms with van der Waals surface area (Å²) in [4.78, 5) is 14.9. The van der Waals surface area contributed by atoms with Crippen molar-refractivity contribution in [3.63, 3.8) is 0 Å². The number of hydrogen-bond donors (Lipinski definition) is 1. The molecule has 0 spiro atoms. The SMILES string of the molecule is CCNC(CN1CCCC(COC)C1)(C(=O)OC)C1CC1. The molecule has 0 bridgehead atoms. The number of nitrogens with one attached hydrogen (secondary N) is 1. The van der Waals surface area contributed by atoms with Crippen LogP contribution in [0, 0.1) is 11.8 Å². The summed E-state index contributed by atoms with van der Waals surface area (Å²) in [6.07, 6.45) is 4.65. The minimum absolute atomic E-state index is 0.0966. The predicted molar refractivity (Wildman–Crippen MR) is 82.2 cm³/mol. The lowest BCUT2D eigenvalue weighted by molar-refractivity contribution is -0.151. The molecule has 1 aliphatic carbocycles. The number of likely N-dealkylation sites (N-methyl/N-ethyl adjacent to an activating group) is 1. The lowest BCUT2D eigenvalue weighted by Gasteiger charge is -2.40. The number of carbonyl (C=O) groups excluding carboxylic acids is 1. The van der Waals surface area contributed by atoms with E-state index in [1.54, 1.807) is 7.11 Å². The number of hydrogen-bond acceptors (Lipinski definition) is 5. The molecule has 122 valence electrons. The molecule has 1 heterocycles. The van der Waals surface area contributed by atoms with E-state index in [1.165, 1.54) is 20.0 Å². The Labute approximate surface area is 128 Å². The number of ether oxygens (including phenoxy) is 2. The molecule has 2 unspecified atom stereocenters. The monoisotopic (exact) mass is 298 g/mol. The number of rotatable bonds is 8. The Morgan fingerprint density at radius 1 is 1.33 bits per heavy atom. The van der Waals surface area contributed by atoms with Crippen molar-refractivity contribution in [1.29, 1.82) is 0 Å². The van der Waals surface area contributed by atoms with Crippen molar-refractivity contribution >= 4 is 5.97 Å². The maximum Gasteiger partial charge on any atom is 0.327 e. The first kappa shape index (κ1) is 16.7. The summed E-state index contributed by atoms with van der Waals surface area (Å²) in [5.74, 6) is 0.911. The number of carbonyl (C=O) groups is 1. The van der Waals surface area contributed by atoms with E-state index in [9.17, 15) is 4.79 Å². The zero-order valence-corrected chi connectivity index (χ0v) is 13.7. The molecule has 1 saturated heterocycles. The van der Waals surface area contributed by atoms with Crippen LogP contribution in [0.2, 0.25) is 0 Å². The van der Waals surface area contributed by atoms with E-state index in [0.717, 1.165) is 45.6 Å². The third-order valence-corrected chi connectivity index (χ3v) is 4.79. The molecule has 2 aliphatic rings. The second-order valence-corrected chi connectivity index (χ2v) is 6.47. The van der Waals surface area contributed by atoms with Crippen LogP contribution in [-0.2, 0) is 14.3 Å². The van der Waals surface area contributed by atoms with Gasteiger partial charge in [0.05, 0.1) is 13.7 Å². The van der Waals surface area contributed by atoms with Crippen LogP contribution in [0.1, 0.15) is 32.6 Å². The van der Waals surface area contributed by atoms with E-state index < -0.39 is 5.54 Å². The first-order valence-corrected chi connectivity index (χ1v) is 8.21. The quantitative estimate of drug-likeness (QED) is 0.684. The maximum atomic E-state index is 12.5. The second kappa shape index (κ2) is 7.56. The van der Waals surface area contributed by atoms with E-state index in [-0.39, 0.29) is 5.97 Å². The van der Waals surface area contributed by atoms with Crippen LogP contribution in [-0.4, -0.2) is 63.4 Å². The van der Waals surface area contributed by atoms with Crippen LogP contribution >= 0.6 is 0 Å². The average molecular weight is 298 g/mol. The molecule has 0 aromatic rings. The van der Waals surface area contributed by atoms with Gasteiger partial charge in [-0.3, -0.25) is 0 Å². The van der Waals surface area contributed by atoms with Gasteiger partial charge in [-0.05, 0) is 50.6 Å². The van der Waals surface area contributed by atoms with Crippen molar-refractivity contribution in [1.82, 2.24) is 10.2 Å². The first-order valence-electron chi connectivity index (χ1n) is 8.21. The fourth-order valence-electron chi connectivity index (χ4n) is 3.73. The van der Waals surface area contributed by atoms with Crippen molar-refractivity contribution in [3.8, 4) is 0 Å². The van der Waals surface area contributed by atoms with Crippen molar-refractivity contribution < 1.29 is 14.3 Å². The van der Waals surface area contributed by atoms with Crippen LogP contribution < -0.4 is 5.32 Å². The lowest BCUT2D eigenvalue weighted by atomic mass is 9.90. The van der Waals surface area contributed by atoms with Gasteiger partial charge in [-0.2, -0.15) is 0 Å². The van der Waals surface area contributed by atoms with Gasteiger partial charge in [0.1, 0.15) is 5.54 Å². The lowest BCUT2D eigenvalue weighted by Crippen LogP contribution is -2.62. The average Bonchev–Trinajstić information content (AvgIpc) is 3.31. The largest absolute Gasteiger partial charge is 0.468 e. The van der Waals surface area contributed by atoms with E-state index >= 15 is 0 Å². The molecule has 21 heavy (non-hydrogen) atoms. The molecule has 1 N–H and O–H groups in total. The summed E-state index contributed by atoms with van der Waals surface area (Å²) in [6, 6.07) is 0. The molecule has 1 aliphatic heterocycles. The molecule has 0 aromatic carbocycles. The molecule has 5 nitrogen and oxygen atoms in total. The Hall–Kier alpha value is -0.650. The predicted octanol–water partition coefficient (Wildman–Crippen LogP) is 1.28. The molecule has 1 saturated carbocycles. The van der Waals surface area contributed by atoms with E-state index in [2.05, 4.69) is 17.1 Å². The summed E-state index contributed by atoms with van der Waals surface area (Å²) in [5, 5.41) is 3.46. The van der Waals surface area contributed by atoms with Crippen molar-refractivity contribution in [3.05, 3.63) is 0 Å². The molecular formula is C16H30N2O3. The van der Waals surface area contributed by atoms with Crippen LogP contribution in [0.25, 0.3) is 0 Å². The molecule has 0 amide bonds. The first-order chi connectivity index (χ1) is 10.2. The minimum atomic E-state index is -0.515. The van der Waals surface area contributed by atoms with Gasteiger partial charge in [0.2, 0.25) is 0 Å².